The fourth-order valence-corrected chi connectivity index (χ4v) is 3.71. The standard InChI is InChI=1S/C23H16N8O/c1-32-15-8-14(10-25-11-15)18-9-17-19(12-27-18)30-31-21(17)23-28-20-16(4-7-26-22(20)29-23)13-2-5-24-6-3-13/h2-12H,1H3,(H,30,31)(H,26,28,29). The van der Waals surface area contributed by atoms with Crippen molar-refractivity contribution in [3.8, 4) is 39.7 Å². The van der Waals surface area contributed by atoms with E-state index in [0.29, 0.717) is 22.9 Å². The van der Waals surface area contributed by atoms with E-state index in [2.05, 4.69) is 35.1 Å². The van der Waals surface area contributed by atoms with Crippen molar-refractivity contribution in [2.45, 2.75) is 0 Å². The van der Waals surface area contributed by atoms with Gasteiger partial charge in [-0.3, -0.25) is 20.1 Å². The van der Waals surface area contributed by atoms with Crippen LogP contribution in [0.1, 0.15) is 0 Å². The van der Waals surface area contributed by atoms with E-state index >= 15 is 0 Å². The Morgan fingerprint density at radius 3 is 2.66 bits per heavy atom. The molecule has 0 amide bonds. The van der Waals surface area contributed by atoms with Crippen molar-refractivity contribution in [3.05, 3.63) is 67.5 Å². The molecule has 0 aliphatic rings. The lowest BCUT2D eigenvalue weighted by Gasteiger charge is -2.03. The van der Waals surface area contributed by atoms with E-state index in [1.54, 1.807) is 44.3 Å². The Morgan fingerprint density at radius 1 is 0.875 bits per heavy atom. The minimum atomic E-state index is 0.626. The van der Waals surface area contributed by atoms with Crippen LogP contribution in [-0.4, -0.2) is 47.2 Å². The molecular weight excluding hydrogens is 404 g/mol. The number of ether oxygens (including phenoxy) is 1. The number of pyridine rings is 4. The molecule has 0 aliphatic heterocycles. The van der Waals surface area contributed by atoms with Gasteiger partial charge in [0.15, 0.2) is 11.5 Å². The summed E-state index contributed by atoms with van der Waals surface area (Å²) in [4.78, 5) is 25.5. The first-order valence-corrected chi connectivity index (χ1v) is 9.89. The maximum Gasteiger partial charge on any atom is 0.160 e. The molecule has 0 fully saturated rings. The smallest absolute Gasteiger partial charge is 0.160 e. The molecular formula is C23H16N8O. The summed E-state index contributed by atoms with van der Waals surface area (Å²) in [6, 6.07) is 9.71. The molecule has 9 nitrogen and oxygen atoms in total. The zero-order valence-electron chi connectivity index (χ0n) is 16.9. The average Bonchev–Trinajstić information content (AvgIpc) is 3.48. The zero-order chi connectivity index (χ0) is 21.5. The monoisotopic (exact) mass is 420 g/mol. The maximum atomic E-state index is 5.29. The summed E-state index contributed by atoms with van der Waals surface area (Å²) in [5.74, 6) is 1.30. The van der Waals surface area contributed by atoms with Crippen LogP contribution in [0.15, 0.2) is 67.5 Å². The van der Waals surface area contributed by atoms with Crippen LogP contribution in [0, 0.1) is 0 Å². The van der Waals surface area contributed by atoms with Crippen LogP contribution in [0.4, 0.5) is 0 Å². The predicted octanol–water partition coefficient (Wildman–Crippen LogP) is 4.03. The maximum absolute atomic E-state index is 5.29. The summed E-state index contributed by atoms with van der Waals surface area (Å²) < 4.78 is 5.29. The highest BCUT2D eigenvalue weighted by Crippen LogP contribution is 2.31. The van der Waals surface area contributed by atoms with Crippen molar-refractivity contribution < 1.29 is 4.74 Å². The molecule has 0 radical (unpaired) electrons. The van der Waals surface area contributed by atoms with E-state index in [4.69, 9.17) is 9.72 Å². The Balaban J connectivity index is 1.50. The first-order valence-electron chi connectivity index (χ1n) is 9.89. The number of nitrogens with one attached hydrogen (secondary N) is 2. The molecule has 9 heteroatoms. The molecule has 0 unspecified atom stereocenters. The fraction of sp³-hybridized carbons (Fsp3) is 0.0435. The minimum Gasteiger partial charge on any atom is -0.495 e. The van der Waals surface area contributed by atoms with Gasteiger partial charge in [-0.25, -0.2) is 9.97 Å². The summed E-state index contributed by atoms with van der Waals surface area (Å²) in [6.07, 6.45) is 10.5. The molecule has 0 aliphatic carbocycles. The molecule has 6 heterocycles. The van der Waals surface area contributed by atoms with Gasteiger partial charge in [0.25, 0.3) is 0 Å². The number of rotatable bonds is 4. The van der Waals surface area contributed by atoms with Gasteiger partial charge >= 0.3 is 0 Å². The SMILES string of the molecule is COc1cncc(-c2cc3c(-c4nc5c(-c6ccncc6)ccnc5[nH]4)n[nH]c3cn2)c1. The summed E-state index contributed by atoms with van der Waals surface area (Å²) in [5.41, 5.74) is 6.58. The van der Waals surface area contributed by atoms with Crippen LogP contribution in [0.3, 0.4) is 0 Å². The van der Waals surface area contributed by atoms with E-state index in [-0.39, 0.29) is 0 Å². The molecule has 154 valence electrons. The van der Waals surface area contributed by atoms with Crippen LogP contribution in [0.5, 0.6) is 5.75 Å². The number of hydrogen-bond donors (Lipinski definition) is 2. The second kappa shape index (κ2) is 7.24. The third kappa shape index (κ3) is 2.95. The number of aromatic nitrogens is 8. The quantitative estimate of drug-likeness (QED) is 0.442. The van der Waals surface area contributed by atoms with E-state index < -0.39 is 0 Å². The van der Waals surface area contributed by atoms with E-state index in [9.17, 15) is 0 Å². The molecule has 6 rings (SSSR count). The Hall–Kier alpha value is -4.66. The first-order chi connectivity index (χ1) is 15.8. The largest absolute Gasteiger partial charge is 0.495 e. The number of H-pyrrole nitrogens is 2. The van der Waals surface area contributed by atoms with E-state index in [0.717, 1.165) is 38.8 Å². The van der Waals surface area contributed by atoms with Gasteiger partial charge in [0.1, 0.15) is 17.0 Å². The number of hydrogen-bond acceptors (Lipinski definition) is 7. The lowest BCUT2D eigenvalue weighted by atomic mass is 10.1. The van der Waals surface area contributed by atoms with Crippen LogP contribution >= 0.6 is 0 Å². The van der Waals surface area contributed by atoms with E-state index in [1.165, 1.54) is 0 Å². The lowest BCUT2D eigenvalue weighted by molar-refractivity contribution is 0.413. The van der Waals surface area contributed by atoms with Gasteiger partial charge in [-0.1, -0.05) is 0 Å². The molecule has 2 N–H and O–H groups in total. The second-order valence-electron chi connectivity index (χ2n) is 7.18. The van der Waals surface area contributed by atoms with Gasteiger partial charge in [-0.05, 0) is 35.9 Å². The molecule has 6 aromatic heterocycles. The minimum absolute atomic E-state index is 0.626. The van der Waals surface area contributed by atoms with Gasteiger partial charge < -0.3 is 9.72 Å². The van der Waals surface area contributed by atoms with Crippen molar-refractivity contribution in [1.82, 2.24) is 40.1 Å². The molecule has 0 aromatic carbocycles. The van der Waals surface area contributed by atoms with Crippen molar-refractivity contribution in [3.63, 3.8) is 0 Å². The van der Waals surface area contributed by atoms with Gasteiger partial charge in [-0.15, -0.1) is 0 Å². The number of nitrogens with zero attached hydrogens (tertiary/aromatic N) is 6. The van der Waals surface area contributed by atoms with E-state index in [1.807, 2.05) is 30.3 Å². The van der Waals surface area contributed by atoms with Gasteiger partial charge in [0.2, 0.25) is 0 Å². The zero-order valence-corrected chi connectivity index (χ0v) is 16.9. The number of aromatic amines is 2. The Morgan fingerprint density at radius 2 is 1.78 bits per heavy atom. The van der Waals surface area contributed by atoms with Gasteiger partial charge in [-0.2, -0.15) is 5.10 Å². The first kappa shape index (κ1) is 18.1. The van der Waals surface area contributed by atoms with Gasteiger partial charge in [0, 0.05) is 41.3 Å². The van der Waals surface area contributed by atoms with Crippen LogP contribution in [-0.2, 0) is 0 Å². The summed E-state index contributed by atoms with van der Waals surface area (Å²) in [7, 11) is 1.61. The van der Waals surface area contributed by atoms with Gasteiger partial charge in [0.05, 0.1) is 30.7 Å². The van der Waals surface area contributed by atoms with Crippen molar-refractivity contribution >= 4 is 22.1 Å². The highest BCUT2D eigenvalue weighted by Gasteiger charge is 2.17. The lowest BCUT2D eigenvalue weighted by Crippen LogP contribution is -1.89. The molecule has 32 heavy (non-hydrogen) atoms. The summed E-state index contributed by atoms with van der Waals surface area (Å²) >= 11 is 0. The average molecular weight is 420 g/mol. The fourth-order valence-electron chi connectivity index (χ4n) is 3.71. The molecule has 6 aromatic rings. The van der Waals surface area contributed by atoms with Crippen molar-refractivity contribution in [1.29, 1.82) is 0 Å². The Kier molecular flexibility index (Phi) is 4.10. The highest BCUT2D eigenvalue weighted by molar-refractivity contribution is 5.96. The Bertz CT molecular complexity index is 1570. The second-order valence-corrected chi connectivity index (χ2v) is 7.18. The number of fused-ring (bicyclic) bond motifs is 2. The van der Waals surface area contributed by atoms with Crippen molar-refractivity contribution in [2.24, 2.45) is 0 Å². The number of methoxy groups -OCH3 is 1. The Labute approximate surface area is 181 Å². The third-order valence-electron chi connectivity index (χ3n) is 5.29. The molecule has 0 bridgehead atoms. The number of imidazole rings is 1. The molecule has 0 saturated carbocycles. The normalized spacial score (nSPS) is 11.3. The summed E-state index contributed by atoms with van der Waals surface area (Å²) in [5, 5.41) is 8.42. The molecule has 0 atom stereocenters. The summed E-state index contributed by atoms with van der Waals surface area (Å²) in [6.45, 7) is 0. The molecule has 0 saturated heterocycles. The van der Waals surface area contributed by atoms with Crippen molar-refractivity contribution in [2.75, 3.05) is 7.11 Å². The highest BCUT2D eigenvalue weighted by atomic mass is 16.5. The topological polar surface area (TPSA) is 118 Å². The van der Waals surface area contributed by atoms with Crippen LogP contribution in [0.2, 0.25) is 0 Å². The van der Waals surface area contributed by atoms with Crippen LogP contribution in [0.25, 0.3) is 56.0 Å². The predicted molar refractivity (Wildman–Crippen MR) is 120 cm³/mol. The molecule has 0 spiro atoms. The van der Waals surface area contributed by atoms with Crippen LogP contribution < -0.4 is 4.74 Å². The third-order valence-corrected chi connectivity index (χ3v) is 5.29.